The molecule has 1 aliphatic heterocycles. The molecule has 8 rings (SSSR count). The normalized spacial score (nSPS) is 24.0. The summed E-state index contributed by atoms with van der Waals surface area (Å²) in [5.74, 6) is 0.901. The number of hydrogen-bond acceptors (Lipinski definition) is 0. The molecule has 4 aliphatic rings. The minimum atomic E-state index is -4.39. The van der Waals surface area contributed by atoms with E-state index in [9.17, 15) is 26.3 Å². The van der Waals surface area contributed by atoms with E-state index in [1.807, 2.05) is 0 Å². The minimum absolute atomic E-state index is 0. The van der Waals surface area contributed by atoms with Crippen LogP contribution in [0, 0.1) is 11.8 Å². The third-order valence-corrected chi connectivity index (χ3v) is 37.5. The molecule has 0 bridgehead atoms. The zero-order valence-electron chi connectivity index (χ0n) is 31.5. The van der Waals surface area contributed by atoms with Crippen molar-refractivity contribution in [3.05, 3.63) is 129 Å². The average molecular weight is 964 g/mol. The SMILES string of the molecule is CC(C)CC1=Cc2c(-c3ccc(C(F)(F)F)cc3)cccc2[CH]1[Hf]1([CH]2C(CC(C)C)=Cc3c(-c4ccc(C(F)(F)F)cc4)cccc32)[CH]2CCCC[CH]21.Cl.Cl. The van der Waals surface area contributed by atoms with Gasteiger partial charge in [-0.25, -0.2) is 0 Å². The first-order chi connectivity index (χ1) is 25.2. The Morgan fingerprint density at radius 1 is 0.545 bits per heavy atom. The van der Waals surface area contributed by atoms with Gasteiger partial charge in [-0.3, -0.25) is 0 Å². The molecule has 0 spiro atoms. The van der Waals surface area contributed by atoms with Crippen LogP contribution in [0.5, 0.6) is 0 Å². The fourth-order valence-electron chi connectivity index (χ4n) is 10.8. The van der Waals surface area contributed by atoms with Crippen LogP contribution < -0.4 is 0 Å². The first-order valence-corrected chi connectivity index (χ1v) is 27.5. The molecule has 4 aromatic rings. The van der Waals surface area contributed by atoms with Crippen molar-refractivity contribution in [2.75, 3.05) is 0 Å². The molecule has 1 heterocycles. The maximum absolute atomic E-state index is 13.5. The molecule has 4 aromatic carbocycles. The molecular weight excluding hydrogens is 916 g/mol. The van der Waals surface area contributed by atoms with Gasteiger partial charge in [-0.1, -0.05) is 0 Å². The van der Waals surface area contributed by atoms with E-state index < -0.39 is 43.4 Å². The number of fused-ring (bicyclic) bond motifs is 3. The van der Waals surface area contributed by atoms with Crippen molar-refractivity contribution >= 4 is 37.0 Å². The van der Waals surface area contributed by atoms with E-state index in [1.54, 1.807) is 24.3 Å². The Balaban J connectivity index is 0.00000257. The van der Waals surface area contributed by atoms with Gasteiger partial charge in [0.15, 0.2) is 0 Å². The van der Waals surface area contributed by atoms with Gasteiger partial charge in [0.05, 0.1) is 0 Å². The second kappa shape index (κ2) is 15.6. The summed E-state index contributed by atoms with van der Waals surface area (Å²) in [4.78, 5) is 0. The van der Waals surface area contributed by atoms with E-state index in [2.05, 4.69) is 76.2 Å². The van der Waals surface area contributed by atoms with Crippen LogP contribution in [-0.2, 0) is 32.3 Å². The average Bonchev–Trinajstić information content (AvgIpc) is 3.38. The van der Waals surface area contributed by atoms with Crippen molar-refractivity contribution < 1.29 is 46.3 Å². The van der Waals surface area contributed by atoms with Crippen LogP contribution in [0.2, 0.25) is 7.35 Å². The number of halogens is 8. The summed E-state index contributed by atoms with van der Waals surface area (Å²) in [5, 5.41) is 0. The molecule has 55 heavy (non-hydrogen) atoms. The Kier molecular flexibility index (Phi) is 11.9. The summed E-state index contributed by atoms with van der Waals surface area (Å²) < 4.78 is 83.5. The largest absolute Gasteiger partial charge is 0.147 e. The van der Waals surface area contributed by atoms with Crippen molar-refractivity contribution in [3.8, 4) is 22.3 Å². The smallest absolute Gasteiger partial charge is 0.147 e. The maximum Gasteiger partial charge on any atom is -0.147 e. The number of alkyl halides is 6. The van der Waals surface area contributed by atoms with Gasteiger partial charge in [-0.2, -0.15) is 0 Å². The molecule has 0 N–H and O–H groups in total. The Bertz CT molecular complexity index is 1940. The van der Waals surface area contributed by atoms with Crippen molar-refractivity contribution in [2.24, 2.45) is 11.8 Å². The molecule has 0 aromatic heterocycles. The van der Waals surface area contributed by atoms with Gasteiger partial charge in [0.25, 0.3) is 0 Å². The van der Waals surface area contributed by atoms with Crippen LogP contribution in [0.25, 0.3) is 34.4 Å². The Labute approximate surface area is 338 Å². The third kappa shape index (κ3) is 7.37. The monoisotopic (exact) mass is 964 g/mol. The third-order valence-electron chi connectivity index (χ3n) is 12.6. The van der Waals surface area contributed by atoms with Crippen LogP contribution in [0.1, 0.15) is 107 Å². The summed E-state index contributed by atoms with van der Waals surface area (Å²) in [5.41, 5.74) is 10.5. The molecule has 0 nitrogen and oxygen atoms in total. The molecule has 9 heteroatoms. The molecule has 3 aliphatic carbocycles. The summed E-state index contributed by atoms with van der Waals surface area (Å²) >= 11 is -3.63. The van der Waals surface area contributed by atoms with E-state index in [0.29, 0.717) is 19.2 Å². The van der Waals surface area contributed by atoms with Gasteiger partial charge in [-0.05, 0) is 0 Å². The van der Waals surface area contributed by atoms with Crippen LogP contribution in [0.4, 0.5) is 26.3 Å². The predicted octanol–water partition coefficient (Wildman–Crippen LogP) is 15.9. The van der Waals surface area contributed by atoms with Crippen molar-refractivity contribution in [1.29, 1.82) is 0 Å². The van der Waals surface area contributed by atoms with Gasteiger partial charge in [-0.15, -0.1) is 24.8 Å². The second-order valence-corrected chi connectivity index (χ2v) is 33.4. The van der Waals surface area contributed by atoms with Crippen molar-refractivity contribution in [1.82, 2.24) is 0 Å². The molecule has 4 unspecified atom stereocenters. The van der Waals surface area contributed by atoms with E-state index in [1.165, 1.54) is 83.3 Å². The number of allylic oxidation sites excluding steroid dienone is 2. The standard InChI is InChI=1S/2C20H18F3.C6H10.2ClH.Hf/c2*1-13(2)10-14-11-16-4-3-5-18(19(16)12-14)15-6-8-17(9-7-15)20(21,22)23;1-2-4-6-5-3-1;;;/h2*3-9,11-13H,10H2,1-2H3;1-2H,3-6H2;2*1H;. The summed E-state index contributed by atoms with van der Waals surface area (Å²) in [6.07, 6.45) is 3.11. The number of benzene rings is 4. The van der Waals surface area contributed by atoms with Gasteiger partial charge < -0.3 is 0 Å². The van der Waals surface area contributed by atoms with E-state index in [0.717, 1.165) is 42.4 Å². The van der Waals surface area contributed by atoms with E-state index in [-0.39, 0.29) is 24.8 Å². The van der Waals surface area contributed by atoms with Crippen molar-refractivity contribution in [3.63, 3.8) is 0 Å². The van der Waals surface area contributed by atoms with E-state index >= 15 is 0 Å². The molecule has 4 atom stereocenters. The molecule has 2 fully saturated rings. The quantitative estimate of drug-likeness (QED) is 0.122. The molecule has 0 radical (unpaired) electrons. The van der Waals surface area contributed by atoms with Gasteiger partial charge in [0.1, 0.15) is 0 Å². The Morgan fingerprint density at radius 2 is 0.909 bits per heavy atom. The molecule has 292 valence electrons. The van der Waals surface area contributed by atoms with Crippen LogP contribution in [0.15, 0.2) is 96.1 Å². The zero-order valence-corrected chi connectivity index (χ0v) is 36.8. The summed E-state index contributed by atoms with van der Waals surface area (Å²) in [7, 11) is 0. The maximum atomic E-state index is 13.5. The van der Waals surface area contributed by atoms with E-state index in [4.69, 9.17) is 0 Å². The number of rotatable bonds is 8. The molecule has 1 saturated carbocycles. The minimum Gasteiger partial charge on any atom is -0.147 e. The second-order valence-electron chi connectivity index (χ2n) is 16.8. The first-order valence-electron chi connectivity index (χ1n) is 19.2. The Morgan fingerprint density at radius 3 is 1.24 bits per heavy atom. The van der Waals surface area contributed by atoms with Crippen LogP contribution in [0.3, 0.4) is 0 Å². The number of hydrogen-bond donors (Lipinski definition) is 0. The zero-order chi connectivity index (χ0) is 37.4. The molecule has 1 saturated heterocycles. The first kappa shape index (κ1) is 42.0. The van der Waals surface area contributed by atoms with Gasteiger partial charge >= 0.3 is 315 Å². The van der Waals surface area contributed by atoms with Gasteiger partial charge in [0.2, 0.25) is 0 Å². The summed E-state index contributed by atoms with van der Waals surface area (Å²) in [6, 6.07) is 24.3. The topological polar surface area (TPSA) is 0 Å². The van der Waals surface area contributed by atoms with Gasteiger partial charge in [0, 0.05) is 0 Å². The summed E-state index contributed by atoms with van der Waals surface area (Å²) in [6.45, 7) is 9.14. The van der Waals surface area contributed by atoms with Crippen LogP contribution >= 0.6 is 24.8 Å². The fraction of sp³-hybridized carbons (Fsp3) is 0.391. The predicted molar refractivity (Wildman–Crippen MR) is 215 cm³/mol. The molecule has 0 amide bonds. The van der Waals surface area contributed by atoms with Crippen molar-refractivity contribution in [2.45, 2.75) is 93.3 Å². The molecular formula is C46H48Cl2F6Hf. The fourth-order valence-corrected chi connectivity index (χ4v) is 46.1. The Hall–Kier alpha value is -2.61. The van der Waals surface area contributed by atoms with Crippen LogP contribution in [-0.4, -0.2) is 0 Å².